The van der Waals surface area contributed by atoms with E-state index in [1.165, 1.54) is 21.3 Å². The van der Waals surface area contributed by atoms with Crippen LogP contribution in [0.5, 0.6) is 0 Å². The molecule has 12 nitrogen and oxygen atoms in total. The number of carboxylic acids is 1. The van der Waals surface area contributed by atoms with Gasteiger partial charge in [-0.3, -0.25) is 14.6 Å². The second-order valence-corrected chi connectivity index (χ2v) is 13.5. The first-order valence-electron chi connectivity index (χ1n) is 17.2. The fraction of sp³-hybridized carbons (Fsp3) is 0.317. The summed E-state index contributed by atoms with van der Waals surface area (Å²) in [5.74, 6) is -3.96. The molecule has 0 amide bonds. The number of carbonyl (C=O) groups excluding carboxylic acids is 4. The summed E-state index contributed by atoms with van der Waals surface area (Å²) in [4.78, 5) is 67.9. The highest BCUT2D eigenvalue weighted by molar-refractivity contribution is 6.02. The van der Waals surface area contributed by atoms with Crippen molar-refractivity contribution in [2.75, 3.05) is 21.3 Å². The van der Waals surface area contributed by atoms with Gasteiger partial charge in [-0.25, -0.2) is 9.78 Å². The van der Waals surface area contributed by atoms with Crippen LogP contribution < -0.4 is 5.11 Å². The standard InChI is InChI=1S/C41H42N4O8/c1-9-23-20(2)29-17-34-27-13-10-26(39(49)52-7)38(40(50)53-8)41(27,5)35(45-34)19-30-22(4)24(11-14-36(46)47)32(44-30)18-33-25(12-15-37(48)51-6)21(3)28(43-33)16-31(23)42-29/h9-10,13,16-19,38,42,44H,1,11-12,14-15H2,2-8H3,(H,46,47)/p-1/t38-,41+/m0/s1. The van der Waals surface area contributed by atoms with Crippen LogP contribution in [-0.4, -0.2) is 65.1 Å². The molecule has 53 heavy (non-hydrogen) atoms. The minimum absolute atomic E-state index is 0.125. The van der Waals surface area contributed by atoms with Crippen molar-refractivity contribution in [3.63, 3.8) is 0 Å². The maximum absolute atomic E-state index is 13.7. The number of aryl methyl sites for hydroxylation is 3. The van der Waals surface area contributed by atoms with Gasteiger partial charge in [-0.15, -0.1) is 0 Å². The molecule has 5 heterocycles. The van der Waals surface area contributed by atoms with Gasteiger partial charge >= 0.3 is 17.9 Å². The Bertz CT molecular complexity index is 2370. The predicted molar refractivity (Wildman–Crippen MR) is 199 cm³/mol. The molecule has 0 aromatic carbocycles. The van der Waals surface area contributed by atoms with Crippen molar-refractivity contribution in [3.05, 3.63) is 93.6 Å². The van der Waals surface area contributed by atoms with Crippen molar-refractivity contribution in [1.29, 1.82) is 0 Å². The number of methoxy groups -OCH3 is 3. The highest BCUT2D eigenvalue weighted by Gasteiger charge is 2.53. The first kappa shape index (κ1) is 36.7. The van der Waals surface area contributed by atoms with Gasteiger partial charge in [0.15, 0.2) is 0 Å². The van der Waals surface area contributed by atoms with E-state index in [0.717, 1.165) is 44.4 Å². The van der Waals surface area contributed by atoms with Crippen molar-refractivity contribution < 1.29 is 38.5 Å². The number of nitrogens with zero attached hydrogens (tertiary/aromatic N) is 2. The number of esters is 3. The van der Waals surface area contributed by atoms with Gasteiger partial charge in [-0.1, -0.05) is 24.8 Å². The summed E-state index contributed by atoms with van der Waals surface area (Å²) in [6.45, 7) is 11.7. The van der Waals surface area contributed by atoms with E-state index in [1.54, 1.807) is 18.2 Å². The van der Waals surface area contributed by atoms with Crippen molar-refractivity contribution in [2.45, 2.75) is 58.8 Å². The van der Waals surface area contributed by atoms with Crippen LogP contribution in [0, 0.1) is 19.8 Å². The lowest BCUT2D eigenvalue weighted by molar-refractivity contribution is -0.305. The van der Waals surface area contributed by atoms with Gasteiger partial charge in [0.1, 0.15) is 5.92 Å². The molecule has 0 saturated carbocycles. The molecular formula is C41H41N4O8-. The normalized spacial score (nSPS) is 17.8. The predicted octanol–water partition coefficient (Wildman–Crippen LogP) is 5.38. The minimum atomic E-state index is -1.20. The molecular weight excluding hydrogens is 676 g/mol. The van der Waals surface area contributed by atoms with Crippen LogP contribution >= 0.6 is 0 Å². The molecule has 0 fully saturated rings. The summed E-state index contributed by atoms with van der Waals surface area (Å²) in [7, 11) is 3.88. The summed E-state index contributed by atoms with van der Waals surface area (Å²) in [6, 6.07) is 7.54. The summed E-state index contributed by atoms with van der Waals surface area (Å²) in [5.41, 5.74) is 9.69. The van der Waals surface area contributed by atoms with E-state index in [4.69, 9.17) is 24.2 Å². The van der Waals surface area contributed by atoms with Crippen molar-refractivity contribution >= 4 is 68.7 Å². The van der Waals surface area contributed by atoms with E-state index in [1.807, 2.05) is 52.0 Å². The summed E-state index contributed by atoms with van der Waals surface area (Å²) < 4.78 is 15.3. The van der Waals surface area contributed by atoms with Crippen LogP contribution in [0.25, 0.3) is 44.9 Å². The SMILES string of the molecule is C=Cc1c(C)c2cc3nc(cc4[nH]c(cc5nc(cc1[nH]2)C(C)=C5CCC(=O)OC)c(CCC(=O)[O-])c4C)[C@@]1(C)C3=CC=C(C(=O)OC)[C@H]1C(=O)OC. The Morgan fingerprint density at radius 3 is 2.17 bits per heavy atom. The smallest absolute Gasteiger partial charge is 0.334 e. The largest absolute Gasteiger partial charge is 0.550 e. The lowest BCUT2D eigenvalue weighted by atomic mass is 9.64. The van der Waals surface area contributed by atoms with Crippen LogP contribution in [0.15, 0.2) is 48.6 Å². The molecule has 0 spiro atoms. The number of carbonyl (C=O) groups is 4. The third kappa shape index (κ3) is 6.28. The maximum Gasteiger partial charge on any atom is 0.334 e. The van der Waals surface area contributed by atoms with E-state index in [0.29, 0.717) is 45.8 Å². The van der Waals surface area contributed by atoms with E-state index in [9.17, 15) is 24.3 Å². The maximum atomic E-state index is 13.7. The Morgan fingerprint density at radius 2 is 1.51 bits per heavy atom. The van der Waals surface area contributed by atoms with Crippen molar-refractivity contribution in [2.24, 2.45) is 5.92 Å². The summed E-state index contributed by atoms with van der Waals surface area (Å²) in [5, 5.41) is 11.7. The molecule has 0 radical (unpaired) electrons. The van der Waals surface area contributed by atoms with Gasteiger partial charge in [-0.05, 0) is 105 Å². The van der Waals surface area contributed by atoms with E-state index < -0.39 is 29.2 Å². The number of H-pyrrole nitrogens is 2. The fourth-order valence-electron chi connectivity index (χ4n) is 7.68. The van der Waals surface area contributed by atoms with Crippen LogP contribution in [0.1, 0.15) is 78.1 Å². The third-order valence-electron chi connectivity index (χ3n) is 10.7. The average Bonchev–Trinajstić information content (AvgIpc) is 3.79. The quantitative estimate of drug-likeness (QED) is 0.216. The number of fused-ring (bicyclic) bond motifs is 11. The Hall–Kier alpha value is -6.04. The summed E-state index contributed by atoms with van der Waals surface area (Å²) >= 11 is 0. The number of rotatable bonds is 9. The number of hydrogen-bond donors (Lipinski definition) is 2. The number of ether oxygens (including phenoxy) is 3. The van der Waals surface area contributed by atoms with E-state index >= 15 is 0 Å². The minimum Gasteiger partial charge on any atom is -0.550 e. The molecule has 2 atom stereocenters. The third-order valence-corrected chi connectivity index (χ3v) is 10.7. The Balaban J connectivity index is 1.77. The van der Waals surface area contributed by atoms with Gasteiger partial charge < -0.3 is 34.1 Å². The molecule has 1 aliphatic carbocycles. The molecule has 274 valence electrons. The Labute approximate surface area is 306 Å². The van der Waals surface area contributed by atoms with Gasteiger partial charge in [0.2, 0.25) is 0 Å². The molecule has 12 heteroatoms. The molecule has 3 aromatic rings. The van der Waals surface area contributed by atoms with Gasteiger partial charge in [0.05, 0.1) is 55.1 Å². The van der Waals surface area contributed by atoms with Gasteiger partial charge in [0, 0.05) is 40.0 Å². The summed E-state index contributed by atoms with van der Waals surface area (Å²) in [6.07, 6.45) is 5.57. The second-order valence-electron chi connectivity index (χ2n) is 13.5. The van der Waals surface area contributed by atoms with Crippen LogP contribution in [0.2, 0.25) is 0 Å². The zero-order valence-electron chi connectivity index (χ0n) is 30.8. The molecule has 3 aromatic heterocycles. The number of carboxylic acid groups (broad SMARTS) is 1. The number of hydrogen-bond acceptors (Lipinski definition) is 10. The number of aromatic nitrogens is 4. The highest BCUT2D eigenvalue weighted by Crippen LogP contribution is 2.52. The van der Waals surface area contributed by atoms with Crippen molar-refractivity contribution in [1.82, 2.24) is 19.9 Å². The number of aliphatic carboxylic acids is 1. The monoisotopic (exact) mass is 717 g/mol. The lowest BCUT2D eigenvalue weighted by Crippen LogP contribution is -2.42. The second kappa shape index (κ2) is 14.2. The number of allylic oxidation sites excluding steroid dienone is 5. The Kier molecular flexibility index (Phi) is 9.83. The lowest BCUT2D eigenvalue weighted by Gasteiger charge is -2.36. The van der Waals surface area contributed by atoms with E-state index in [2.05, 4.69) is 16.5 Å². The topological polar surface area (TPSA) is 176 Å². The zero-order chi connectivity index (χ0) is 38.4. The molecule has 2 N–H and O–H groups in total. The zero-order valence-corrected chi connectivity index (χ0v) is 30.8. The molecule has 6 rings (SSSR count). The molecule has 3 aliphatic rings. The molecule has 0 unspecified atom stereocenters. The van der Waals surface area contributed by atoms with Crippen LogP contribution in [-0.2, 0) is 45.2 Å². The van der Waals surface area contributed by atoms with Crippen LogP contribution in [0.3, 0.4) is 0 Å². The molecule has 8 bridgehead atoms. The van der Waals surface area contributed by atoms with Crippen molar-refractivity contribution in [3.8, 4) is 0 Å². The number of aromatic amines is 2. The molecule has 2 aliphatic heterocycles. The van der Waals surface area contributed by atoms with Crippen LogP contribution in [0.4, 0.5) is 0 Å². The van der Waals surface area contributed by atoms with E-state index in [-0.39, 0.29) is 30.8 Å². The van der Waals surface area contributed by atoms with Gasteiger partial charge in [-0.2, -0.15) is 0 Å². The Morgan fingerprint density at radius 1 is 0.830 bits per heavy atom. The first-order valence-corrected chi connectivity index (χ1v) is 17.2. The molecule has 0 saturated heterocycles. The highest BCUT2D eigenvalue weighted by atomic mass is 16.5. The number of nitrogens with one attached hydrogen (secondary N) is 2. The average molecular weight is 718 g/mol. The fourth-order valence-corrected chi connectivity index (χ4v) is 7.68. The van der Waals surface area contributed by atoms with Gasteiger partial charge in [0.25, 0.3) is 0 Å². The first-order chi connectivity index (χ1) is 25.3.